The van der Waals surface area contributed by atoms with Crippen LogP contribution in [0.1, 0.15) is 18.1 Å². The van der Waals surface area contributed by atoms with Gasteiger partial charge in [0, 0.05) is 32.7 Å². The summed E-state index contributed by atoms with van der Waals surface area (Å²) in [6.07, 6.45) is 0.262. The van der Waals surface area contributed by atoms with Crippen LogP contribution in [-0.2, 0) is 0 Å². The molecule has 0 saturated carbocycles. The predicted octanol–water partition coefficient (Wildman–Crippen LogP) is 0.948. The molecule has 1 aromatic carbocycles. The number of anilines is 1. The van der Waals surface area contributed by atoms with E-state index in [1.807, 2.05) is 12.1 Å². The Kier molecular flexibility index (Phi) is 5.23. The summed E-state index contributed by atoms with van der Waals surface area (Å²) in [5.74, 6) is 0.653. The Morgan fingerprint density at radius 2 is 2.00 bits per heavy atom. The zero-order chi connectivity index (χ0) is 14.5. The lowest BCUT2D eigenvalue weighted by Gasteiger charge is -2.32. The van der Waals surface area contributed by atoms with Crippen LogP contribution < -0.4 is 10.5 Å². The van der Waals surface area contributed by atoms with Crippen LogP contribution in [0.25, 0.3) is 0 Å². The largest absolute Gasteiger partial charge is 0.495 e. The first-order valence-electron chi connectivity index (χ1n) is 7.12. The Bertz CT molecular complexity index is 431. The van der Waals surface area contributed by atoms with Crippen LogP contribution in [0.3, 0.4) is 0 Å². The minimum atomic E-state index is -0.470. The van der Waals surface area contributed by atoms with E-state index in [0.29, 0.717) is 11.4 Å². The van der Waals surface area contributed by atoms with Gasteiger partial charge in [-0.2, -0.15) is 0 Å². The van der Waals surface area contributed by atoms with E-state index in [1.54, 1.807) is 13.2 Å². The highest BCUT2D eigenvalue weighted by atomic mass is 16.5. The molecule has 1 aliphatic rings. The van der Waals surface area contributed by atoms with Gasteiger partial charge in [-0.3, -0.25) is 0 Å². The molecular formula is C15H25N3O2. The highest BCUT2D eigenvalue weighted by Crippen LogP contribution is 2.26. The first-order chi connectivity index (χ1) is 9.60. The molecule has 5 nitrogen and oxygen atoms in total. The van der Waals surface area contributed by atoms with E-state index in [2.05, 4.69) is 16.8 Å². The number of hydrogen-bond donors (Lipinski definition) is 2. The molecule has 2 rings (SSSR count). The van der Waals surface area contributed by atoms with Crippen molar-refractivity contribution in [1.29, 1.82) is 0 Å². The molecule has 112 valence electrons. The standard InChI is InChI=1S/C15H25N3O2/c1-17-7-9-18(10-8-17)6-5-14(19)12-3-4-15(20-2)13(16)11-12/h3-4,11,14,19H,5-10,16H2,1-2H3. The Labute approximate surface area is 120 Å². The van der Waals surface area contributed by atoms with E-state index in [9.17, 15) is 5.11 Å². The van der Waals surface area contributed by atoms with Crippen molar-refractivity contribution >= 4 is 5.69 Å². The highest BCUT2D eigenvalue weighted by Gasteiger charge is 2.16. The quantitative estimate of drug-likeness (QED) is 0.786. The molecule has 0 spiro atoms. The Balaban J connectivity index is 1.85. The molecule has 1 heterocycles. The number of benzene rings is 1. The highest BCUT2D eigenvalue weighted by molar-refractivity contribution is 5.54. The summed E-state index contributed by atoms with van der Waals surface area (Å²) in [7, 11) is 3.74. The second-order valence-corrected chi connectivity index (χ2v) is 5.45. The lowest BCUT2D eigenvalue weighted by molar-refractivity contribution is 0.113. The lowest BCUT2D eigenvalue weighted by atomic mass is 10.0. The van der Waals surface area contributed by atoms with Gasteiger partial charge in [-0.25, -0.2) is 0 Å². The van der Waals surface area contributed by atoms with Crippen LogP contribution in [0.4, 0.5) is 5.69 Å². The maximum absolute atomic E-state index is 10.3. The van der Waals surface area contributed by atoms with Crippen molar-refractivity contribution in [2.75, 3.05) is 52.6 Å². The molecule has 0 aliphatic carbocycles. The van der Waals surface area contributed by atoms with E-state index in [4.69, 9.17) is 10.5 Å². The zero-order valence-electron chi connectivity index (χ0n) is 12.4. The van der Waals surface area contributed by atoms with Crippen molar-refractivity contribution < 1.29 is 9.84 Å². The van der Waals surface area contributed by atoms with Crippen LogP contribution >= 0.6 is 0 Å². The zero-order valence-corrected chi connectivity index (χ0v) is 12.4. The predicted molar refractivity (Wildman–Crippen MR) is 80.9 cm³/mol. The van der Waals surface area contributed by atoms with Gasteiger partial charge in [0.25, 0.3) is 0 Å². The summed E-state index contributed by atoms with van der Waals surface area (Å²) >= 11 is 0. The normalized spacial score (nSPS) is 18.9. The minimum Gasteiger partial charge on any atom is -0.495 e. The fourth-order valence-corrected chi connectivity index (χ4v) is 2.50. The van der Waals surface area contributed by atoms with Gasteiger partial charge >= 0.3 is 0 Å². The molecule has 1 fully saturated rings. The smallest absolute Gasteiger partial charge is 0.141 e. The number of methoxy groups -OCH3 is 1. The van der Waals surface area contributed by atoms with Crippen molar-refractivity contribution in [2.45, 2.75) is 12.5 Å². The van der Waals surface area contributed by atoms with Crippen molar-refractivity contribution in [1.82, 2.24) is 9.80 Å². The second kappa shape index (κ2) is 6.92. The number of nitrogens with two attached hydrogens (primary N) is 1. The average molecular weight is 279 g/mol. The van der Waals surface area contributed by atoms with Gasteiger partial charge in [0.15, 0.2) is 0 Å². The van der Waals surface area contributed by atoms with Crippen molar-refractivity contribution in [2.24, 2.45) is 0 Å². The summed E-state index contributed by atoms with van der Waals surface area (Å²) in [5.41, 5.74) is 7.30. The van der Waals surface area contributed by atoms with Crippen LogP contribution in [0, 0.1) is 0 Å². The molecule has 0 bridgehead atoms. The molecule has 1 aliphatic heterocycles. The fraction of sp³-hybridized carbons (Fsp3) is 0.600. The Morgan fingerprint density at radius 3 is 2.60 bits per heavy atom. The molecule has 1 saturated heterocycles. The monoisotopic (exact) mass is 279 g/mol. The number of likely N-dealkylation sites (N-methyl/N-ethyl adjacent to an activating group) is 1. The summed E-state index contributed by atoms with van der Waals surface area (Å²) in [5, 5.41) is 10.3. The number of aliphatic hydroxyl groups is 1. The van der Waals surface area contributed by atoms with E-state index in [1.165, 1.54) is 0 Å². The van der Waals surface area contributed by atoms with Crippen molar-refractivity contribution in [3.63, 3.8) is 0 Å². The fourth-order valence-electron chi connectivity index (χ4n) is 2.50. The topological polar surface area (TPSA) is 62.0 Å². The third kappa shape index (κ3) is 3.85. The molecule has 1 atom stereocenters. The molecule has 1 aromatic rings. The van der Waals surface area contributed by atoms with Gasteiger partial charge in [0.1, 0.15) is 5.75 Å². The SMILES string of the molecule is COc1ccc(C(O)CCN2CCN(C)CC2)cc1N. The minimum absolute atomic E-state index is 0.470. The third-order valence-electron chi connectivity index (χ3n) is 3.95. The van der Waals surface area contributed by atoms with Crippen LogP contribution in [0.2, 0.25) is 0 Å². The Hall–Kier alpha value is -1.30. The number of aliphatic hydroxyl groups excluding tert-OH is 1. The van der Waals surface area contributed by atoms with Gasteiger partial charge < -0.3 is 25.4 Å². The Morgan fingerprint density at radius 1 is 1.30 bits per heavy atom. The van der Waals surface area contributed by atoms with Crippen LogP contribution in [-0.4, -0.2) is 61.8 Å². The van der Waals surface area contributed by atoms with Gasteiger partial charge in [-0.1, -0.05) is 6.07 Å². The molecule has 1 unspecified atom stereocenters. The summed E-state index contributed by atoms with van der Waals surface area (Å²) in [6, 6.07) is 5.49. The summed E-state index contributed by atoms with van der Waals surface area (Å²) in [6.45, 7) is 5.28. The molecule has 0 amide bonds. The van der Waals surface area contributed by atoms with E-state index < -0.39 is 6.10 Å². The van der Waals surface area contributed by atoms with Gasteiger partial charge in [-0.15, -0.1) is 0 Å². The van der Waals surface area contributed by atoms with E-state index in [0.717, 1.165) is 44.7 Å². The van der Waals surface area contributed by atoms with Crippen LogP contribution in [0.15, 0.2) is 18.2 Å². The third-order valence-corrected chi connectivity index (χ3v) is 3.95. The molecule has 5 heteroatoms. The maximum atomic E-state index is 10.3. The number of rotatable bonds is 5. The van der Waals surface area contributed by atoms with E-state index >= 15 is 0 Å². The number of piperazine rings is 1. The van der Waals surface area contributed by atoms with Crippen molar-refractivity contribution in [3.8, 4) is 5.75 Å². The van der Waals surface area contributed by atoms with Gasteiger partial charge in [0.2, 0.25) is 0 Å². The van der Waals surface area contributed by atoms with Crippen LogP contribution in [0.5, 0.6) is 5.75 Å². The first kappa shape index (κ1) is 15.1. The summed E-state index contributed by atoms with van der Waals surface area (Å²) < 4.78 is 5.13. The molecule has 0 radical (unpaired) electrons. The molecule has 0 aromatic heterocycles. The van der Waals surface area contributed by atoms with Crippen molar-refractivity contribution in [3.05, 3.63) is 23.8 Å². The summed E-state index contributed by atoms with van der Waals surface area (Å²) in [4.78, 5) is 4.73. The van der Waals surface area contributed by atoms with E-state index in [-0.39, 0.29) is 0 Å². The first-order valence-corrected chi connectivity index (χ1v) is 7.12. The van der Waals surface area contributed by atoms with Gasteiger partial charge in [0.05, 0.1) is 18.9 Å². The lowest BCUT2D eigenvalue weighted by Crippen LogP contribution is -2.44. The molecular weight excluding hydrogens is 254 g/mol. The number of nitrogen functional groups attached to an aromatic ring is 1. The maximum Gasteiger partial charge on any atom is 0.141 e. The number of nitrogens with zero attached hydrogens (tertiary/aromatic N) is 2. The number of ether oxygens (including phenoxy) is 1. The van der Waals surface area contributed by atoms with Gasteiger partial charge in [-0.05, 0) is 31.2 Å². The second-order valence-electron chi connectivity index (χ2n) is 5.45. The number of hydrogen-bond acceptors (Lipinski definition) is 5. The molecule has 3 N–H and O–H groups in total. The average Bonchev–Trinajstić information content (AvgIpc) is 2.46. The molecule has 20 heavy (non-hydrogen) atoms.